The van der Waals surface area contributed by atoms with Crippen LogP contribution in [0.2, 0.25) is 10.0 Å². The van der Waals surface area contributed by atoms with Gasteiger partial charge >= 0.3 is 0 Å². The van der Waals surface area contributed by atoms with Crippen LogP contribution in [0.25, 0.3) is 10.4 Å². The first-order chi connectivity index (χ1) is 14.5. The molecule has 0 saturated carbocycles. The van der Waals surface area contributed by atoms with Crippen LogP contribution >= 0.6 is 35.8 Å². The first-order valence-corrected chi connectivity index (χ1v) is 10.5. The van der Waals surface area contributed by atoms with Gasteiger partial charge in [-0.2, -0.15) is 0 Å². The van der Waals surface area contributed by atoms with Crippen LogP contribution in [0, 0.1) is 0 Å². The Bertz CT molecular complexity index is 962. The van der Waals surface area contributed by atoms with Crippen LogP contribution in [0.15, 0.2) is 53.6 Å². The van der Waals surface area contributed by atoms with E-state index in [1.54, 1.807) is 18.2 Å². The SMILES string of the molecule is CO[C@H]1[C@@H](S)O[C@@H]2COC(c3ccccc3)O[C@@H]2C1(N=[N+]=[N-])c1ccc(Cl)c(Cl)c1. The minimum absolute atomic E-state index is 0.224. The third-order valence-electron chi connectivity index (χ3n) is 5.38. The van der Waals surface area contributed by atoms with Crippen molar-refractivity contribution in [1.82, 2.24) is 0 Å². The second kappa shape index (κ2) is 8.94. The number of nitrogens with zero attached hydrogens (tertiary/aromatic N) is 3. The van der Waals surface area contributed by atoms with Gasteiger partial charge in [0.25, 0.3) is 0 Å². The number of rotatable bonds is 4. The zero-order valence-electron chi connectivity index (χ0n) is 15.9. The Hall–Kier alpha value is -1.48. The molecule has 0 radical (unpaired) electrons. The summed E-state index contributed by atoms with van der Waals surface area (Å²) in [6.45, 7) is 0.224. The highest BCUT2D eigenvalue weighted by molar-refractivity contribution is 7.80. The fourth-order valence-electron chi connectivity index (χ4n) is 4.06. The van der Waals surface area contributed by atoms with Crippen molar-refractivity contribution in [2.75, 3.05) is 13.7 Å². The number of fused-ring (bicyclic) bond motifs is 1. The minimum atomic E-state index is -1.32. The van der Waals surface area contributed by atoms with E-state index in [0.717, 1.165) is 5.56 Å². The molecule has 158 valence electrons. The molecule has 0 aliphatic carbocycles. The molecule has 2 unspecified atom stereocenters. The lowest BCUT2D eigenvalue weighted by atomic mass is 9.75. The summed E-state index contributed by atoms with van der Waals surface area (Å²) < 4.78 is 24.0. The monoisotopic (exact) mass is 467 g/mol. The maximum absolute atomic E-state index is 9.53. The number of hydrogen-bond acceptors (Lipinski definition) is 6. The molecule has 10 heteroatoms. The van der Waals surface area contributed by atoms with Crippen LogP contribution in [-0.4, -0.2) is 37.5 Å². The molecule has 2 aromatic rings. The fourth-order valence-corrected chi connectivity index (χ4v) is 4.86. The Morgan fingerprint density at radius 3 is 2.60 bits per heavy atom. The number of halogens is 2. The van der Waals surface area contributed by atoms with Gasteiger partial charge in [0, 0.05) is 17.6 Å². The number of ether oxygens (including phenoxy) is 4. The second-order valence-corrected chi connectivity index (χ2v) is 8.32. The van der Waals surface area contributed by atoms with Gasteiger partial charge in [-0.05, 0) is 23.2 Å². The molecule has 2 aliphatic rings. The lowest BCUT2D eigenvalue weighted by molar-refractivity contribution is -0.317. The molecule has 30 heavy (non-hydrogen) atoms. The molecular weight excluding hydrogens is 449 g/mol. The molecule has 2 fully saturated rings. The first-order valence-electron chi connectivity index (χ1n) is 9.21. The molecule has 0 bridgehead atoms. The van der Waals surface area contributed by atoms with E-state index in [2.05, 4.69) is 22.7 Å². The highest BCUT2D eigenvalue weighted by atomic mass is 35.5. The summed E-state index contributed by atoms with van der Waals surface area (Å²) in [7, 11) is 1.50. The molecule has 2 heterocycles. The Morgan fingerprint density at radius 1 is 1.17 bits per heavy atom. The van der Waals surface area contributed by atoms with Gasteiger partial charge in [-0.15, -0.1) is 12.6 Å². The lowest BCUT2D eigenvalue weighted by Gasteiger charge is -2.53. The van der Waals surface area contributed by atoms with Crippen LogP contribution < -0.4 is 0 Å². The van der Waals surface area contributed by atoms with Gasteiger partial charge in [0.15, 0.2) is 6.29 Å². The van der Waals surface area contributed by atoms with Gasteiger partial charge in [-0.1, -0.05) is 64.7 Å². The number of hydrogen-bond donors (Lipinski definition) is 1. The van der Waals surface area contributed by atoms with Gasteiger partial charge in [-0.25, -0.2) is 0 Å². The molecule has 2 saturated heterocycles. The van der Waals surface area contributed by atoms with E-state index in [9.17, 15) is 5.53 Å². The van der Waals surface area contributed by atoms with Gasteiger partial charge in [0.05, 0.1) is 16.7 Å². The number of thiol groups is 1. The van der Waals surface area contributed by atoms with Crippen molar-refractivity contribution in [2.24, 2.45) is 5.11 Å². The molecular formula is C20H19Cl2N3O4S. The summed E-state index contributed by atoms with van der Waals surface area (Å²) >= 11 is 17.0. The van der Waals surface area contributed by atoms with Gasteiger partial charge in [0.2, 0.25) is 0 Å². The molecule has 6 atom stereocenters. The summed E-state index contributed by atoms with van der Waals surface area (Å²) in [5.74, 6) is 0. The number of benzene rings is 2. The zero-order valence-corrected chi connectivity index (χ0v) is 18.3. The van der Waals surface area contributed by atoms with Crippen LogP contribution in [0.5, 0.6) is 0 Å². The highest BCUT2D eigenvalue weighted by Gasteiger charge is 2.60. The summed E-state index contributed by atoms with van der Waals surface area (Å²) in [4.78, 5) is 3.14. The molecule has 0 spiro atoms. The van der Waals surface area contributed by atoms with Crippen molar-refractivity contribution in [1.29, 1.82) is 0 Å². The van der Waals surface area contributed by atoms with Crippen LogP contribution in [0.3, 0.4) is 0 Å². The van der Waals surface area contributed by atoms with E-state index in [-0.39, 0.29) is 6.61 Å². The van der Waals surface area contributed by atoms with Crippen LogP contribution in [-0.2, 0) is 24.5 Å². The molecule has 2 aliphatic heterocycles. The van der Waals surface area contributed by atoms with E-state index in [4.69, 9.17) is 42.1 Å². The van der Waals surface area contributed by atoms with Crippen molar-refractivity contribution >= 4 is 35.8 Å². The largest absolute Gasteiger partial charge is 0.377 e. The Morgan fingerprint density at radius 2 is 1.93 bits per heavy atom. The van der Waals surface area contributed by atoms with E-state index in [1.165, 1.54) is 7.11 Å². The predicted molar refractivity (Wildman–Crippen MR) is 116 cm³/mol. The van der Waals surface area contributed by atoms with Crippen LogP contribution in [0.1, 0.15) is 17.4 Å². The van der Waals surface area contributed by atoms with E-state index in [1.807, 2.05) is 30.3 Å². The summed E-state index contributed by atoms with van der Waals surface area (Å²) in [5, 5.41) is 4.92. The topological polar surface area (TPSA) is 85.7 Å². The predicted octanol–water partition coefficient (Wildman–Crippen LogP) is 5.28. The third kappa shape index (κ3) is 3.68. The first kappa shape index (κ1) is 21.7. The number of azide groups is 1. The molecule has 4 rings (SSSR count). The standard InChI is InChI=1S/C20H19Cl2N3O4S/c1-26-17-19(30)28-15-10-27-18(11-5-3-2-4-6-11)29-16(15)20(17,24-25-23)12-7-8-13(21)14(22)9-12/h2-9,15-19,30H,10H2,1H3/t15-,16+,17+,18?,19-,20?/m1/s1. The molecule has 0 aromatic heterocycles. The lowest BCUT2D eigenvalue weighted by Crippen LogP contribution is -2.66. The molecule has 0 N–H and O–H groups in total. The quantitative estimate of drug-likeness (QED) is 0.286. The van der Waals surface area contributed by atoms with Gasteiger partial charge < -0.3 is 18.9 Å². The Labute approximate surface area is 189 Å². The minimum Gasteiger partial charge on any atom is -0.377 e. The number of methoxy groups -OCH3 is 1. The average molecular weight is 468 g/mol. The maximum Gasteiger partial charge on any atom is 0.184 e. The van der Waals surface area contributed by atoms with Crippen molar-refractivity contribution in [2.45, 2.75) is 35.6 Å². The Balaban J connectivity index is 1.85. The summed E-state index contributed by atoms with van der Waals surface area (Å²) in [6, 6.07) is 14.5. The molecule has 0 amide bonds. The van der Waals surface area contributed by atoms with Gasteiger partial charge in [0.1, 0.15) is 29.3 Å². The molecule has 2 aromatic carbocycles. The Kier molecular flexibility index (Phi) is 6.48. The maximum atomic E-state index is 9.53. The smallest absolute Gasteiger partial charge is 0.184 e. The van der Waals surface area contributed by atoms with E-state index < -0.39 is 35.6 Å². The van der Waals surface area contributed by atoms with Crippen molar-refractivity contribution in [3.05, 3.63) is 80.1 Å². The average Bonchev–Trinajstić information content (AvgIpc) is 2.76. The highest BCUT2D eigenvalue weighted by Crippen LogP contribution is 2.49. The summed E-state index contributed by atoms with van der Waals surface area (Å²) in [5.41, 5.74) is 8.95. The summed E-state index contributed by atoms with van der Waals surface area (Å²) in [6.07, 6.45) is -2.69. The van der Waals surface area contributed by atoms with Crippen molar-refractivity contribution < 1.29 is 18.9 Å². The second-order valence-electron chi connectivity index (χ2n) is 7.00. The van der Waals surface area contributed by atoms with Crippen molar-refractivity contribution in [3.63, 3.8) is 0 Å². The molecule has 7 nitrogen and oxygen atoms in total. The fraction of sp³-hybridized carbons (Fsp3) is 0.400. The normalized spacial score (nSPS) is 33.4. The van der Waals surface area contributed by atoms with Crippen molar-refractivity contribution in [3.8, 4) is 0 Å². The van der Waals surface area contributed by atoms with Gasteiger partial charge in [-0.3, -0.25) is 0 Å². The van der Waals surface area contributed by atoms with E-state index >= 15 is 0 Å². The third-order valence-corrected chi connectivity index (χ3v) is 6.51. The zero-order chi connectivity index (χ0) is 21.3. The van der Waals surface area contributed by atoms with Crippen LogP contribution in [0.4, 0.5) is 0 Å². The van der Waals surface area contributed by atoms with E-state index in [0.29, 0.717) is 15.6 Å².